The quantitative estimate of drug-likeness (QED) is 0.365. The summed E-state index contributed by atoms with van der Waals surface area (Å²) in [7, 11) is 1.58. The zero-order valence-corrected chi connectivity index (χ0v) is 20.4. The summed E-state index contributed by atoms with van der Waals surface area (Å²) in [5, 5.41) is 7.37. The summed E-state index contributed by atoms with van der Waals surface area (Å²) in [6.07, 6.45) is 0.883. The fourth-order valence-corrected chi connectivity index (χ4v) is 3.87. The third kappa shape index (κ3) is 6.60. The maximum Gasteiger partial charge on any atom is 0.415 e. The van der Waals surface area contributed by atoms with Crippen LogP contribution < -0.4 is 15.4 Å². The normalized spacial score (nSPS) is 10.5. The van der Waals surface area contributed by atoms with E-state index in [0.29, 0.717) is 27.9 Å². The highest BCUT2D eigenvalue weighted by molar-refractivity contribution is 7.13. The van der Waals surface area contributed by atoms with Crippen molar-refractivity contribution in [2.45, 2.75) is 20.0 Å². The highest BCUT2D eigenvalue weighted by Gasteiger charge is 2.17. The Kier molecular flexibility index (Phi) is 7.81. The molecule has 0 spiro atoms. The maximum absolute atomic E-state index is 13.2. The van der Waals surface area contributed by atoms with Crippen LogP contribution in [0.3, 0.4) is 0 Å². The smallest absolute Gasteiger partial charge is 0.407 e. The van der Waals surface area contributed by atoms with Crippen LogP contribution in [0.5, 0.6) is 5.75 Å². The molecule has 0 bridgehead atoms. The minimum Gasteiger partial charge on any atom is -0.407 e. The van der Waals surface area contributed by atoms with E-state index in [1.54, 1.807) is 31.5 Å². The van der Waals surface area contributed by atoms with E-state index in [9.17, 15) is 14.0 Å². The van der Waals surface area contributed by atoms with Crippen LogP contribution in [0, 0.1) is 12.7 Å². The number of thiazole rings is 1. The van der Waals surface area contributed by atoms with Crippen LogP contribution in [0.4, 0.5) is 19.1 Å². The number of halogens is 1. The molecular formula is C25H23FN6O3S. The summed E-state index contributed by atoms with van der Waals surface area (Å²) in [6, 6.07) is 15.0. The number of aryl methyl sites for hydroxylation is 1. The van der Waals surface area contributed by atoms with E-state index in [2.05, 4.69) is 25.6 Å². The number of ether oxygens (including phenoxy) is 1. The fraction of sp³-hybridized carbons (Fsp3) is 0.160. The standard InChI is InChI=1S/C25H23FN6O3S/c1-16-21(13-27-22(29-16)18-8-4-3-5-9-18)35-25(34)32(2)14-20-15-36-24(30-20)31-23(33)28-12-17-7-6-10-19(26)11-17/h3-11,13,15H,12,14H2,1-2H3,(H2,28,30,31,33). The van der Waals surface area contributed by atoms with Gasteiger partial charge in [0.15, 0.2) is 16.7 Å². The van der Waals surface area contributed by atoms with E-state index in [1.165, 1.54) is 34.6 Å². The van der Waals surface area contributed by atoms with E-state index >= 15 is 0 Å². The van der Waals surface area contributed by atoms with Crippen molar-refractivity contribution in [3.63, 3.8) is 0 Å². The minimum absolute atomic E-state index is 0.171. The van der Waals surface area contributed by atoms with Crippen molar-refractivity contribution in [2.75, 3.05) is 12.4 Å². The van der Waals surface area contributed by atoms with Crippen LogP contribution in [0.2, 0.25) is 0 Å². The Labute approximate surface area is 211 Å². The van der Waals surface area contributed by atoms with Gasteiger partial charge in [0.05, 0.1) is 24.1 Å². The van der Waals surface area contributed by atoms with Gasteiger partial charge in [0, 0.05) is 24.5 Å². The number of amides is 3. The molecule has 4 rings (SSSR count). The molecule has 0 saturated carbocycles. The molecule has 11 heteroatoms. The van der Waals surface area contributed by atoms with E-state index in [1.807, 2.05) is 30.3 Å². The average Bonchev–Trinajstić information content (AvgIpc) is 3.31. The summed E-state index contributed by atoms with van der Waals surface area (Å²) in [5.74, 6) is 0.444. The molecule has 2 aromatic heterocycles. The molecule has 0 radical (unpaired) electrons. The molecule has 3 amide bonds. The number of benzene rings is 2. The zero-order valence-electron chi connectivity index (χ0n) is 19.6. The maximum atomic E-state index is 13.2. The molecule has 0 aliphatic rings. The zero-order chi connectivity index (χ0) is 25.5. The number of rotatable bonds is 7. The van der Waals surface area contributed by atoms with Gasteiger partial charge in [-0.15, -0.1) is 11.3 Å². The Morgan fingerprint density at radius 3 is 2.67 bits per heavy atom. The van der Waals surface area contributed by atoms with E-state index in [0.717, 1.165) is 5.56 Å². The van der Waals surface area contributed by atoms with E-state index in [4.69, 9.17) is 4.74 Å². The lowest BCUT2D eigenvalue weighted by Gasteiger charge is -2.16. The first-order valence-corrected chi connectivity index (χ1v) is 11.8. The summed E-state index contributed by atoms with van der Waals surface area (Å²) < 4.78 is 18.7. The number of hydrogen-bond donors (Lipinski definition) is 2. The molecule has 0 aliphatic carbocycles. The second-order valence-electron chi connectivity index (χ2n) is 7.81. The van der Waals surface area contributed by atoms with Gasteiger partial charge >= 0.3 is 12.1 Å². The van der Waals surface area contributed by atoms with Crippen molar-refractivity contribution in [1.82, 2.24) is 25.2 Å². The second-order valence-corrected chi connectivity index (χ2v) is 8.67. The molecule has 2 N–H and O–H groups in total. The highest BCUT2D eigenvalue weighted by atomic mass is 32.1. The van der Waals surface area contributed by atoms with E-state index in [-0.39, 0.29) is 24.7 Å². The second kappa shape index (κ2) is 11.4. The lowest BCUT2D eigenvalue weighted by atomic mass is 10.2. The Balaban J connectivity index is 1.28. The molecule has 0 aliphatic heterocycles. The molecule has 0 atom stereocenters. The van der Waals surface area contributed by atoms with Crippen LogP contribution >= 0.6 is 11.3 Å². The van der Waals surface area contributed by atoms with Crippen molar-refractivity contribution in [3.8, 4) is 17.1 Å². The van der Waals surface area contributed by atoms with Gasteiger partial charge in [-0.3, -0.25) is 5.32 Å². The molecule has 0 saturated heterocycles. The third-order valence-corrected chi connectivity index (χ3v) is 5.80. The third-order valence-electron chi connectivity index (χ3n) is 4.99. The van der Waals surface area contributed by atoms with Crippen LogP contribution in [-0.2, 0) is 13.1 Å². The molecule has 36 heavy (non-hydrogen) atoms. The van der Waals surface area contributed by atoms with Gasteiger partial charge in [-0.25, -0.2) is 28.9 Å². The predicted molar refractivity (Wildman–Crippen MR) is 134 cm³/mol. The number of carbonyl (C=O) groups excluding carboxylic acids is 2. The molecule has 0 fully saturated rings. The van der Waals surface area contributed by atoms with Crippen molar-refractivity contribution >= 4 is 28.6 Å². The Bertz CT molecular complexity index is 1360. The van der Waals surface area contributed by atoms with Gasteiger partial charge in [0.25, 0.3) is 0 Å². The predicted octanol–water partition coefficient (Wildman–Crippen LogP) is 5.00. The summed E-state index contributed by atoms with van der Waals surface area (Å²) in [6.45, 7) is 2.09. The first-order chi connectivity index (χ1) is 17.4. The lowest BCUT2D eigenvalue weighted by molar-refractivity contribution is 0.159. The number of nitrogens with one attached hydrogen (secondary N) is 2. The van der Waals surface area contributed by atoms with Crippen LogP contribution in [0.25, 0.3) is 11.4 Å². The van der Waals surface area contributed by atoms with Crippen LogP contribution in [0.15, 0.2) is 66.2 Å². The number of carbonyl (C=O) groups is 2. The monoisotopic (exact) mass is 506 g/mol. The molecule has 4 aromatic rings. The molecule has 9 nitrogen and oxygen atoms in total. The topological polar surface area (TPSA) is 109 Å². The van der Waals surface area contributed by atoms with Gasteiger partial charge < -0.3 is 15.0 Å². The number of anilines is 1. The molecule has 2 aromatic carbocycles. The number of aromatic nitrogens is 3. The van der Waals surface area contributed by atoms with Crippen LogP contribution in [0.1, 0.15) is 17.0 Å². The highest BCUT2D eigenvalue weighted by Crippen LogP contribution is 2.21. The first-order valence-electron chi connectivity index (χ1n) is 10.9. The Morgan fingerprint density at radius 2 is 1.92 bits per heavy atom. The number of hydrogen-bond acceptors (Lipinski definition) is 7. The van der Waals surface area contributed by atoms with Crippen molar-refractivity contribution in [1.29, 1.82) is 0 Å². The van der Waals surface area contributed by atoms with E-state index < -0.39 is 12.1 Å². The lowest BCUT2D eigenvalue weighted by Crippen LogP contribution is -2.30. The van der Waals surface area contributed by atoms with Gasteiger partial charge in [-0.2, -0.15) is 0 Å². The fourth-order valence-electron chi connectivity index (χ4n) is 3.17. The van der Waals surface area contributed by atoms with Crippen molar-refractivity contribution in [2.24, 2.45) is 0 Å². The average molecular weight is 507 g/mol. The van der Waals surface area contributed by atoms with Gasteiger partial charge in [0.2, 0.25) is 0 Å². The number of nitrogens with zero attached hydrogens (tertiary/aromatic N) is 4. The van der Waals surface area contributed by atoms with Gasteiger partial charge in [-0.05, 0) is 24.6 Å². The Morgan fingerprint density at radius 1 is 1.11 bits per heavy atom. The first kappa shape index (κ1) is 24.7. The molecular weight excluding hydrogens is 483 g/mol. The number of urea groups is 1. The summed E-state index contributed by atoms with van der Waals surface area (Å²) in [5.41, 5.74) is 2.62. The van der Waals surface area contributed by atoms with Gasteiger partial charge in [0.1, 0.15) is 5.82 Å². The van der Waals surface area contributed by atoms with Crippen LogP contribution in [-0.4, -0.2) is 39.0 Å². The summed E-state index contributed by atoms with van der Waals surface area (Å²) >= 11 is 1.22. The molecule has 2 heterocycles. The minimum atomic E-state index is -0.593. The largest absolute Gasteiger partial charge is 0.415 e. The van der Waals surface area contributed by atoms with Crippen molar-refractivity contribution in [3.05, 3.63) is 88.9 Å². The van der Waals surface area contributed by atoms with Crippen molar-refractivity contribution < 1.29 is 18.7 Å². The summed E-state index contributed by atoms with van der Waals surface area (Å²) in [4.78, 5) is 39.1. The molecule has 0 unspecified atom stereocenters. The molecule has 184 valence electrons. The Hall–Kier alpha value is -4.38. The SMILES string of the molecule is Cc1nc(-c2ccccc2)ncc1OC(=O)N(C)Cc1csc(NC(=O)NCc2cccc(F)c2)n1. The van der Waals surface area contributed by atoms with Gasteiger partial charge in [-0.1, -0.05) is 42.5 Å².